The van der Waals surface area contributed by atoms with Gasteiger partial charge in [-0.1, -0.05) is 23.9 Å². The number of hydrogen-bond donors (Lipinski definition) is 2. The van der Waals surface area contributed by atoms with Crippen LogP contribution in [0.2, 0.25) is 0 Å². The van der Waals surface area contributed by atoms with Crippen molar-refractivity contribution in [1.29, 1.82) is 0 Å². The molecule has 12 heteroatoms. The molecule has 4 N–H and O–H groups in total. The monoisotopic (exact) mass is 465 g/mol. The maximum atomic E-state index is 14.1. The largest absolute Gasteiger partial charge is 0.462 e. The van der Waals surface area contributed by atoms with Gasteiger partial charge in [-0.2, -0.15) is 0 Å². The topological polar surface area (TPSA) is 135 Å². The molecule has 0 aliphatic rings. The van der Waals surface area contributed by atoms with Gasteiger partial charge in [0.1, 0.15) is 15.7 Å². The van der Waals surface area contributed by atoms with E-state index in [4.69, 9.17) is 21.1 Å². The fourth-order valence-corrected chi connectivity index (χ4v) is 4.70. The molecule has 2 heterocycles. The number of esters is 2. The van der Waals surface area contributed by atoms with E-state index >= 15 is 0 Å². The zero-order valence-corrected chi connectivity index (χ0v) is 18.4. The Morgan fingerprint density at radius 1 is 1.16 bits per heavy atom. The number of nitrogens with two attached hydrogens (primary N) is 2. The molecule has 0 bridgehead atoms. The molecule has 0 amide bonds. The fraction of sp³-hybridized carbons (Fsp3) is 0.263. The Bertz CT molecular complexity index is 1110. The quantitative estimate of drug-likeness (QED) is 0.292. The number of hydrogen-bond acceptors (Lipinski definition) is 10. The van der Waals surface area contributed by atoms with Crippen LogP contribution in [0.3, 0.4) is 0 Å². The summed E-state index contributed by atoms with van der Waals surface area (Å²) in [6.45, 7) is 3.67. The van der Waals surface area contributed by atoms with Gasteiger partial charge in [0, 0.05) is 11.3 Å². The highest BCUT2D eigenvalue weighted by atomic mass is 32.2. The van der Waals surface area contributed by atoms with Crippen molar-refractivity contribution in [3.63, 3.8) is 0 Å². The third kappa shape index (κ3) is 4.64. The molecule has 164 valence electrons. The fourth-order valence-electron chi connectivity index (χ4n) is 2.75. The first-order valence-electron chi connectivity index (χ1n) is 9.22. The van der Waals surface area contributed by atoms with Crippen LogP contribution in [-0.4, -0.2) is 40.0 Å². The minimum Gasteiger partial charge on any atom is -0.462 e. The number of rotatable bonds is 8. The number of carbonyl (C=O) groups excluding carboxylic acids is 2. The molecule has 31 heavy (non-hydrogen) atoms. The zero-order valence-electron chi connectivity index (χ0n) is 16.8. The number of aromatic nitrogens is 3. The van der Waals surface area contributed by atoms with E-state index in [1.807, 2.05) is 0 Å². The second-order valence-electron chi connectivity index (χ2n) is 6.03. The number of thiophene rings is 1. The van der Waals surface area contributed by atoms with Gasteiger partial charge in [-0.05, 0) is 26.0 Å². The molecule has 0 unspecified atom stereocenters. The standard InChI is InChI=1S/C19H20FN5O4S2/c1-3-28-17(26)13-11(14(31-15(13)21)18(27)29-4-2)9-30-19-24-23-16(25(19)22)10-7-5-6-8-12(10)20/h5-8H,3-4,9,21-22H2,1-2H3. The van der Waals surface area contributed by atoms with Crippen molar-refractivity contribution < 1.29 is 23.5 Å². The second-order valence-corrected chi connectivity index (χ2v) is 8.03. The van der Waals surface area contributed by atoms with Gasteiger partial charge in [-0.15, -0.1) is 21.5 Å². The summed E-state index contributed by atoms with van der Waals surface area (Å²) in [5.74, 6) is 4.60. The van der Waals surface area contributed by atoms with Crippen LogP contribution in [0.1, 0.15) is 39.4 Å². The van der Waals surface area contributed by atoms with Crippen LogP contribution in [0.25, 0.3) is 11.4 Å². The van der Waals surface area contributed by atoms with Gasteiger partial charge in [0.05, 0.1) is 24.3 Å². The van der Waals surface area contributed by atoms with Crippen molar-refractivity contribution in [2.75, 3.05) is 24.8 Å². The molecule has 0 saturated heterocycles. The van der Waals surface area contributed by atoms with Crippen LogP contribution < -0.4 is 11.6 Å². The number of carbonyl (C=O) groups is 2. The molecular weight excluding hydrogens is 445 g/mol. The molecule has 2 aromatic heterocycles. The van der Waals surface area contributed by atoms with Gasteiger partial charge in [0.25, 0.3) is 0 Å². The average molecular weight is 466 g/mol. The Labute approximate surface area is 185 Å². The molecule has 0 fully saturated rings. The number of benzene rings is 1. The van der Waals surface area contributed by atoms with Gasteiger partial charge in [0.2, 0.25) is 5.16 Å². The van der Waals surface area contributed by atoms with Crippen LogP contribution in [0.15, 0.2) is 29.4 Å². The molecule has 3 aromatic rings. The second kappa shape index (κ2) is 9.79. The van der Waals surface area contributed by atoms with Gasteiger partial charge in [-0.25, -0.2) is 18.7 Å². The first-order valence-corrected chi connectivity index (χ1v) is 11.0. The SMILES string of the molecule is CCOC(=O)c1sc(N)c(C(=O)OCC)c1CSc1nnc(-c2ccccc2F)n1N. The molecule has 0 atom stereocenters. The highest BCUT2D eigenvalue weighted by molar-refractivity contribution is 7.98. The first-order chi connectivity index (χ1) is 14.9. The Morgan fingerprint density at radius 3 is 2.52 bits per heavy atom. The summed E-state index contributed by atoms with van der Waals surface area (Å²) in [6, 6.07) is 6.04. The summed E-state index contributed by atoms with van der Waals surface area (Å²) < 4.78 is 25.4. The molecule has 0 aliphatic heterocycles. The van der Waals surface area contributed by atoms with Gasteiger partial charge >= 0.3 is 11.9 Å². The van der Waals surface area contributed by atoms with Crippen LogP contribution >= 0.6 is 23.1 Å². The van der Waals surface area contributed by atoms with Crippen LogP contribution in [0.4, 0.5) is 9.39 Å². The van der Waals surface area contributed by atoms with Crippen molar-refractivity contribution in [2.45, 2.75) is 24.8 Å². The summed E-state index contributed by atoms with van der Waals surface area (Å²) in [5, 5.41) is 8.37. The minimum atomic E-state index is -0.636. The third-order valence-corrected chi connectivity index (χ3v) is 6.11. The minimum absolute atomic E-state index is 0.111. The lowest BCUT2D eigenvalue weighted by Gasteiger charge is -2.08. The highest BCUT2D eigenvalue weighted by Gasteiger charge is 2.28. The Kier molecular flexibility index (Phi) is 7.13. The lowest BCUT2D eigenvalue weighted by molar-refractivity contribution is 0.0527. The van der Waals surface area contributed by atoms with E-state index in [0.717, 1.165) is 27.8 Å². The molecule has 3 rings (SSSR count). The third-order valence-electron chi connectivity index (χ3n) is 4.10. The number of thioether (sulfide) groups is 1. The summed E-state index contributed by atoms with van der Waals surface area (Å²) in [6.07, 6.45) is 0. The molecular formula is C19H20FN5O4S2. The molecule has 0 saturated carbocycles. The Hall–Kier alpha value is -3.12. The van der Waals surface area contributed by atoms with Crippen LogP contribution in [-0.2, 0) is 15.2 Å². The predicted octanol–water partition coefficient (Wildman–Crippen LogP) is 3.09. The molecule has 9 nitrogen and oxygen atoms in total. The lowest BCUT2D eigenvalue weighted by Crippen LogP contribution is -2.13. The van der Waals surface area contributed by atoms with Crippen LogP contribution in [0, 0.1) is 5.82 Å². The smallest absolute Gasteiger partial charge is 0.348 e. The zero-order chi connectivity index (χ0) is 22.5. The van der Waals surface area contributed by atoms with Gasteiger partial charge < -0.3 is 21.1 Å². The van der Waals surface area contributed by atoms with E-state index in [2.05, 4.69) is 10.2 Å². The van der Waals surface area contributed by atoms with E-state index in [1.54, 1.807) is 26.0 Å². The Balaban J connectivity index is 1.93. The van der Waals surface area contributed by atoms with E-state index in [-0.39, 0.29) is 51.0 Å². The lowest BCUT2D eigenvalue weighted by atomic mass is 10.1. The average Bonchev–Trinajstić information content (AvgIpc) is 3.26. The summed E-state index contributed by atoms with van der Waals surface area (Å²) in [5.41, 5.74) is 6.67. The van der Waals surface area contributed by atoms with E-state index in [0.29, 0.717) is 5.56 Å². The number of ether oxygens (including phenoxy) is 2. The Morgan fingerprint density at radius 2 is 1.84 bits per heavy atom. The van der Waals surface area contributed by atoms with Crippen LogP contribution in [0.5, 0.6) is 0 Å². The number of nitrogen functional groups attached to an aromatic ring is 2. The summed E-state index contributed by atoms with van der Waals surface area (Å²) in [7, 11) is 0. The maximum absolute atomic E-state index is 14.1. The van der Waals surface area contributed by atoms with E-state index in [1.165, 1.54) is 12.1 Å². The number of halogens is 1. The van der Waals surface area contributed by atoms with E-state index in [9.17, 15) is 14.0 Å². The van der Waals surface area contributed by atoms with Gasteiger partial charge in [-0.3, -0.25) is 0 Å². The van der Waals surface area contributed by atoms with Crippen molar-refractivity contribution in [2.24, 2.45) is 0 Å². The molecule has 0 aliphatic carbocycles. The first kappa shape index (κ1) is 22.6. The summed E-state index contributed by atoms with van der Waals surface area (Å²) >= 11 is 2.06. The molecule has 0 spiro atoms. The van der Waals surface area contributed by atoms with Crippen molar-refractivity contribution in [3.8, 4) is 11.4 Å². The predicted molar refractivity (Wildman–Crippen MR) is 116 cm³/mol. The highest BCUT2D eigenvalue weighted by Crippen LogP contribution is 2.36. The van der Waals surface area contributed by atoms with Crippen molar-refractivity contribution in [3.05, 3.63) is 46.1 Å². The summed E-state index contributed by atoms with van der Waals surface area (Å²) in [4.78, 5) is 25.0. The van der Waals surface area contributed by atoms with Crippen molar-refractivity contribution >= 4 is 40.0 Å². The maximum Gasteiger partial charge on any atom is 0.348 e. The van der Waals surface area contributed by atoms with E-state index < -0.39 is 17.8 Å². The molecule has 0 radical (unpaired) electrons. The number of nitrogens with zero attached hydrogens (tertiary/aromatic N) is 3. The number of anilines is 1. The molecule has 1 aromatic carbocycles. The van der Waals surface area contributed by atoms with Gasteiger partial charge in [0.15, 0.2) is 5.82 Å². The normalized spacial score (nSPS) is 10.8. The van der Waals surface area contributed by atoms with Crippen molar-refractivity contribution in [1.82, 2.24) is 14.9 Å².